The molecule has 0 aliphatic carbocycles. The maximum Gasteiger partial charge on any atom is 0.0731 e. The summed E-state index contributed by atoms with van der Waals surface area (Å²) in [4.78, 5) is 0. The van der Waals surface area contributed by atoms with E-state index in [1.54, 1.807) is 0 Å². The fourth-order valence-corrected chi connectivity index (χ4v) is 3.48. The van der Waals surface area contributed by atoms with Crippen LogP contribution in [0.15, 0.2) is 29.6 Å². The largest absolute Gasteiger partial charge is 0.376 e. The van der Waals surface area contributed by atoms with Crippen molar-refractivity contribution in [3.8, 4) is 0 Å². The molecule has 1 saturated heterocycles. The second kappa shape index (κ2) is 5.83. The van der Waals surface area contributed by atoms with Crippen LogP contribution in [0.25, 0.3) is 10.1 Å². The zero-order chi connectivity index (χ0) is 12.2. The Balaban J connectivity index is 1.56. The highest BCUT2D eigenvalue weighted by atomic mass is 32.1. The molecule has 1 aromatic heterocycles. The van der Waals surface area contributed by atoms with E-state index in [2.05, 4.69) is 35.0 Å². The molecule has 1 aliphatic heterocycles. The van der Waals surface area contributed by atoms with Gasteiger partial charge in [-0.25, -0.2) is 0 Å². The SMILES string of the molecule is c1ccc2c(COCC3CCNCC3)csc2c1. The second-order valence-electron chi connectivity index (χ2n) is 4.97. The van der Waals surface area contributed by atoms with Gasteiger partial charge < -0.3 is 10.1 Å². The van der Waals surface area contributed by atoms with Crippen molar-refractivity contribution in [2.75, 3.05) is 19.7 Å². The predicted molar refractivity (Wildman–Crippen MR) is 77.1 cm³/mol. The van der Waals surface area contributed by atoms with E-state index in [0.717, 1.165) is 32.2 Å². The van der Waals surface area contributed by atoms with Crippen molar-refractivity contribution in [1.82, 2.24) is 5.32 Å². The molecule has 0 amide bonds. The van der Waals surface area contributed by atoms with Crippen molar-refractivity contribution in [3.05, 3.63) is 35.2 Å². The Hall–Kier alpha value is -0.900. The van der Waals surface area contributed by atoms with Crippen LogP contribution >= 0.6 is 11.3 Å². The van der Waals surface area contributed by atoms with Gasteiger partial charge in [-0.3, -0.25) is 0 Å². The first-order valence-corrected chi connectivity index (χ1v) is 7.55. The van der Waals surface area contributed by atoms with Gasteiger partial charge >= 0.3 is 0 Å². The molecule has 0 radical (unpaired) electrons. The number of nitrogens with one attached hydrogen (secondary N) is 1. The molecule has 96 valence electrons. The molecule has 2 aromatic rings. The maximum absolute atomic E-state index is 5.90. The molecule has 0 spiro atoms. The molecule has 1 aliphatic rings. The molecule has 1 N–H and O–H groups in total. The second-order valence-corrected chi connectivity index (χ2v) is 5.88. The minimum Gasteiger partial charge on any atom is -0.376 e. The molecule has 2 nitrogen and oxygen atoms in total. The summed E-state index contributed by atoms with van der Waals surface area (Å²) in [6.07, 6.45) is 2.51. The molecule has 0 bridgehead atoms. The Morgan fingerprint density at radius 3 is 2.94 bits per heavy atom. The van der Waals surface area contributed by atoms with Crippen LogP contribution in [0.2, 0.25) is 0 Å². The van der Waals surface area contributed by atoms with Crippen LogP contribution < -0.4 is 5.32 Å². The van der Waals surface area contributed by atoms with Gasteiger partial charge in [0.05, 0.1) is 6.61 Å². The fraction of sp³-hybridized carbons (Fsp3) is 0.467. The normalized spacial score (nSPS) is 17.3. The lowest BCUT2D eigenvalue weighted by Gasteiger charge is -2.22. The van der Waals surface area contributed by atoms with Gasteiger partial charge in [0.1, 0.15) is 0 Å². The van der Waals surface area contributed by atoms with Gasteiger partial charge in [0.25, 0.3) is 0 Å². The van der Waals surface area contributed by atoms with Crippen LogP contribution in [0, 0.1) is 5.92 Å². The van der Waals surface area contributed by atoms with Crippen LogP contribution in [-0.4, -0.2) is 19.7 Å². The number of ether oxygens (including phenoxy) is 1. The van der Waals surface area contributed by atoms with Gasteiger partial charge in [0, 0.05) is 11.3 Å². The van der Waals surface area contributed by atoms with Crippen molar-refractivity contribution >= 4 is 21.4 Å². The molecule has 0 atom stereocenters. The first-order chi connectivity index (χ1) is 8.93. The standard InChI is InChI=1S/C15H19NOS/c1-2-4-15-14(3-1)13(11-18-15)10-17-9-12-5-7-16-8-6-12/h1-4,11-12,16H,5-10H2. The highest BCUT2D eigenvalue weighted by Crippen LogP contribution is 2.26. The number of benzene rings is 1. The van der Waals surface area contributed by atoms with Crippen molar-refractivity contribution in [1.29, 1.82) is 0 Å². The number of piperidine rings is 1. The summed E-state index contributed by atoms with van der Waals surface area (Å²) in [7, 11) is 0. The van der Waals surface area contributed by atoms with Gasteiger partial charge in [-0.15, -0.1) is 11.3 Å². The van der Waals surface area contributed by atoms with Gasteiger partial charge in [-0.1, -0.05) is 18.2 Å². The van der Waals surface area contributed by atoms with Crippen molar-refractivity contribution in [3.63, 3.8) is 0 Å². The summed E-state index contributed by atoms with van der Waals surface area (Å²) in [6.45, 7) is 3.96. The zero-order valence-electron chi connectivity index (χ0n) is 10.5. The number of fused-ring (bicyclic) bond motifs is 1. The molecule has 0 saturated carbocycles. The molecule has 1 aromatic carbocycles. The summed E-state index contributed by atoms with van der Waals surface area (Å²) < 4.78 is 7.26. The number of thiophene rings is 1. The third kappa shape index (κ3) is 2.74. The van der Waals surface area contributed by atoms with E-state index in [4.69, 9.17) is 4.74 Å². The Morgan fingerprint density at radius 1 is 1.22 bits per heavy atom. The molecule has 18 heavy (non-hydrogen) atoms. The zero-order valence-corrected chi connectivity index (χ0v) is 11.3. The fourth-order valence-electron chi connectivity index (χ4n) is 2.53. The molecule has 3 heteroatoms. The van der Waals surface area contributed by atoms with Gasteiger partial charge in [0.2, 0.25) is 0 Å². The summed E-state index contributed by atoms with van der Waals surface area (Å²) in [5, 5.41) is 6.97. The summed E-state index contributed by atoms with van der Waals surface area (Å²) in [5.41, 5.74) is 1.34. The van der Waals surface area contributed by atoms with E-state index in [1.807, 2.05) is 11.3 Å². The lowest BCUT2D eigenvalue weighted by molar-refractivity contribution is 0.0771. The van der Waals surface area contributed by atoms with E-state index in [1.165, 1.54) is 28.5 Å². The average molecular weight is 261 g/mol. The highest BCUT2D eigenvalue weighted by Gasteiger charge is 2.13. The number of rotatable bonds is 4. The van der Waals surface area contributed by atoms with E-state index < -0.39 is 0 Å². The van der Waals surface area contributed by atoms with Crippen molar-refractivity contribution in [2.24, 2.45) is 5.92 Å². The molecule has 2 heterocycles. The smallest absolute Gasteiger partial charge is 0.0731 e. The van der Waals surface area contributed by atoms with E-state index in [9.17, 15) is 0 Å². The Bertz CT molecular complexity index is 502. The van der Waals surface area contributed by atoms with Crippen LogP contribution in [-0.2, 0) is 11.3 Å². The molecule has 3 rings (SSSR count). The topological polar surface area (TPSA) is 21.3 Å². The minimum absolute atomic E-state index is 0.746. The summed E-state index contributed by atoms with van der Waals surface area (Å²) in [6, 6.07) is 8.56. The molecule has 1 fully saturated rings. The summed E-state index contributed by atoms with van der Waals surface area (Å²) >= 11 is 1.81. The number of hydrogen-bond acceptors (Lipinski definition) is 3. The quantitative estimate of drug-likeness (QED) is 0.910. The summed E-state index contributed by atoms with van der Waals surface area (Å²) in [5.74, 6) is 0.746. The van der Waals surface area contributed by atoms with Gasteiger partial charge in [0.15, 0.2) is 0 Å². The van der Waals surface area contributed by atoms with Crippen LogP contribution in [0.5, 0.6) is 0 Å². The number of hydrogen-bond donors (Lipinski definition) is 1. The van der Waals surface area contributed by atoms with Crippen LogP contribution in [0.4, 0.5) is 0 Å². The Morgan fingerprint density at radius 2 is 2.06 bits per heavy atom. The minimum atomic E-state index is 0.746. The lowest BCUT2D eigenvalue weighted by Crippen LogP contribution is -2.29. The Kier molecular flexibility index (Phi) is 3.93. The van der Waals surface area contributed by atoms with Crippen LogP contribution in [0.3, 0.4) is 0 Å². The van der Waals surface area contributed by atoms with Gasteiger partial charge in [-0.05, 0) is 54.2 Å². The van der Waals surface area contributed by atoms with E-state index >= 15 is 0 Å². The lowest BCUT2D eigenvalue weighted by atomic mass is 9.99. The van der Waals surface area contributed by atoms with Crippen molar-refractivity contribution in [2.45, 2.75) is 19.4 Å². The van der Waals surface area contributed by atoms with Gasteiger partial charge in [-0.2, -0.15) is 0 Å². The molecular weight excluding hydrogens is 242 g/mol. The maximum atomic E-state index is 5.90. The van der Waals surface area contributed by atoms with Crippen molar-refractivity contribution < 1.29 is 4.74 Å². The third-order valence-corrected chi connectivity index (χ3v) is 4.64. The van der Waals surface area contributed by atoms with Crippen LogP contribution in [0.1, 0.15) is 18.4 Å². The first kappa shape index (κ1) is 12.2. The van der Waals surface area contributed by atoms with E-state index in [0.29, 0.717) is 0 Å². The highest BCUT2D eigenvalue weighted by molar-refractivity contribution is 7.17. The molecule has 0 unspecified atom stereocenters. The predicted octanol–water partition coefficient (Wildman–Crippen LogP) is 3.42. The molecular formula is C15H19NOS. The average Bonchev–Trinajstić information content (AvgIpc) is 2.84. The Labute approximate surface area is 112 Å². The first-order valence-electron chi connectivity index (χ1n) is 6.67. The third-order valence-electron chi connectivity index (χ3n) is 3.63. The van der Waals surface area contributed by atoms with E-state index in [-0.39, 0.29) is 0 Å². The monoisotopic (exact) mass is 261 g/mol.